The van der Waals surface area contributed by atoms with E-state index in [-0.39, 0.29) is 24.2 Å². The average Bonchev–Trinajstić information content (AvgIpc) is 2.75. The Hall–Kier alpha value is -1.85. The van der Waals surface area contributed by atoms with Gasteiger partial charge in [0.15, 0.2) is 5.69 Å². The first kappa shape index (κ1) is 13.2. The standard InChI is InChI=1S/C11H16N2O4/c1-3-5-6-9(14)13-11-12-8(7-17-11)10(15)16-4-2/h7H,3-6H2,1-2H3,(H,12,13,14). The van der Waals surface area contributed by atoms with Gasteiger partial charge in [0.25, 0.3) is 0 Å². The molecule has 1 N–H and O–H groups in total. The highest BCUT2D eigenvalue weighted by Crippen LogP contribution is 2.09. The fourth-order valence-corrected chi connectivity index (χ4v) is 1.15. The minimum absolute atomic E-state index is 0.0224. The van der Waals surface area contributed by atoms with Gasteiger partial charge in [-0.2, -0.15) is 4.98 Å². The van der Waals surface area contributed by atoms with Crippen LogP contribution >= 0.6 is 0 Å². The zero-order valence-electron chi connectivity index (χ0n) is 9.99. The van der Waals surface area contributed by atoms with E-state index in [0.29, 0.717) is 6.42 Å². The third kappa shape index (κ3) is 4.26. The number of amides is 1. The number of nitrogens with zero attached hydrogens (tertiary/aromatic N) is 1. The summed E-state index contributed by atoms with van der Waals surface area (Å²) in [7, 11) is 0. The summed E-state index contributed by atoms with van der Waals surface area (Å²) in [5.74, 6) is -0.741. The molecular formula is C11H16N2O4. The molecule has 0 aliphatic heterocycles. The third-order valence-corrected chi connectivity index (χ3v) is 1.99. The Bertz CT molecular complexity index is 387. The minimum atomic E-state index is -0.565. The molecule has 1 heterocycles. The van der Waals surface area contributed by atoms with Crippen molar-refractivity contribution in [2.24, 2.45) is 0 Å². The monoisotopic (exact) mass is 240 g/mol. The van der Waals surface area contributed by atoms with Crippen LogP contribution in [0.5, 0.6) is 0 Å². The number of oxazole rings is 1. The van der Waals surface area contributed by atoms with E-state index in [1.54, 1.807) is 6.92 Å². The fraction of sp³-hybridized carbons (Fsp3) is 0.545. The van der Waals surface area contributed by atoms with E-state index >= 15 is 0 Å². The third-order valence-electron chi connectivity index (χ3n) is 1.99. The first-order valence-corrected chi connectivity index (χ1v) is 5.59. The van der Waals surface area contributed by atoms with E-state index in [0.717, 1.165) is 19.1 Å². The Morgan fingerprint density at radius 3 is 2.88 bits per heavy atom. The zero-order valence-corrected chi connectivity index (χ0v) is 9.99. The molecule has 0 fully saturated rings. The van der Waals surface area contributed by atoms with Crippen LogP contribution in [0.15, 0.2) is 10.7 Å². The van der Waals surface area contributed by atoms with Crippen molar-refractivity contribution in [3.05, 3.63) is 12.0 Å². The van der Waals surface area contributed by atoms with Gasteiger partial charge in [0.1, 0.15) is 6.26 Å². The zero-order chi connectivity index (χ0) is 12.7. The molecule has 0 unspecified atom stereocenters. The second kappa shape index (κ2) is 6.67. The summed E-state index contributed by atoms with van der Waals surface area (Å²) < 4.78 is 9.68. The molecule has 1 aromatic rings. The van der Waals surface area contributed by atoms with Crippen LogP contribution < -0.4 is 5.32 Å². The molecule has 0 atom stereocenters. The smallest absolute Gasteiger partial charge is 0.360 e. The molecule has 0 saturated carbocycles. The Labute approximate surface area is 99.4 Å². The molecule has 0 spiro atoms. The van der Waals surface area contributed by atoms with Gasteiger partial charge in [-0.05, 0) is 13.3 Å². The van der Waals surface area contributed by atoms with Crippen LogP contribution in [0.1, 0.15) is 43.6 Å². The topological polar surface area (TPSA) is 81.4 Å². The molecule has 0 aromatic carbocycles. The van der Waals surface area contributed by atoms with Crippen molar-refractivity contribution in [1.82, 2.24) is 4.98 Å². The molecule has 0 saturated heterocycles. The first-order chi connectivity index (χ1) is 8.17. The van der Waals surface area contributed by atoms with Crippen LogP contribution in [0, 0.1) is 0 Å². The number of carbonyl (C=O) groups is 2. The second-order valence-electron chi connectivity index (χ2n) is 3.41. The summed E-state index contributed by atoms with van der Waals surface area (Å²) in [6.07, 6.45) is 3.31. The van der Waals surface area contributed by atoms with Gasteiger partial charge in [-0.25, -0.2) is 4.79 Å². The van der Waals surface area contributed by atoms with Gasteiger partial charge in [0, 0.05) is 6.42 Å². The van der Waals surface area contributed by atoms with Crippen LogP contribution in [0.25, 0.3) is 0 Å². The van der Waals surface area contributed by atoms with Crippen LogP contribution in [-0.2, 0) is 9.53 Å². The van der Waals surface area contributed by atoms with E-state index in [4.69, 9.17) is 9.15 Å². The lowest BCUT2D eigenvalue weighted by Gasteiger charge is -1.98. The van der Waals surface area contributed by atoms with Gasteiger partial charge in [-0.1, -0.05) is 13.3 Å². The van der Waals surface area contributed by atoms with Gasteiger partial charge in [0.05, 0.1) is 6.61 Å². The molecular weight excluding hydrogens is 224 g/mol. The van der Waals surface area contributed by atoms with E-state index in [9.17, 15) is 9.59 Å². The Balaban J connectivity index is 2.50. The quantitative estimate of drug-likeness (QED) is 0.769. The maximum absolute atomic E-state index is 11.3. The summed E-state index contributed by atoms with van der Waals surface area (Å²) in [5, 5.41) is 2.47. The highest BCUT2D eigenvalue weighted by atomic mass is 16.5. The van der Waals surface area contributed by atoms with Gasteiger partial charge in [0.2, 0.25) is 5.91 Å². The Morgan fingerprint density at radius 2 is 2.24 bits per heavy atom. The molecule has 1 rings (SSSR count). The van der Waals surface area contributed by atoms with E-state index in [1.165, 1.54) is 0 Å². The maximum Gasteiger partial charge on any atom is 0.360 e. The number of esters is 1. The highest BCUT2D eigenvalue weighted by molar-refractivity contribution is 5.90. The number of aromatic nitrogens is 1. The molecule has 1 aromatic heterocycles. The highest BCUT2D eigenvalue weighted by Gasteiger charge is 2.14. The summed E-state index contributed by atoms with van der Waals surface area (Å²) in [6.45, 7) is 3.96. The van der Waals surface area contributed by atoms with Crippen molar-refractivity contribution in [1.29, 1.82) is 0 Å². The number of anilines is 1. The van der Waals surface area contributed by atoms with Gasteiger partial charge in [-0.15, -0.1) is 0 Å². The number of rotatable bonds is 6. The number of unbranched alkanes of at least 4 members (excludes halogenated alkanes) is 1. The maximum atomic E-state index is 11.3. The molecule has 6 heteroatoms. The SMILES string of the molecule is CCCCC(=O)Nc1nc(C(=O)OCC)co1. The first-order valence-electron chi connectivity index (χ1n) is 5.59. The molecule has 0 radical (unpaired) electrons. The molecule has 94 valence electrons. The largest absolute Gasteiger partial charge is 0.461 e. The summed E-state index contributed by atoms with van der Waals surface area (Å²) >= 11 is 0. The van der Waals surface area contributed by atoms with Crippen molar-refractivity contribution in [2.75, 3.05) is 11.9 Å². The average molecular weight is 240 g/mol. The predicted octanol–water partition coefficient (Wildman–Crippen LogP) is 1.98. The summed E-state index contributed by atoms with van der Waals surface area (Å²) in [6, 6.07) is 0.0224. The Morgan fingerprint density at radius 1 is 1.47 bits per heavy atom. The van der Waals surface area contributed by atoms with E-state index < -0.39 is 5.97 Å². The number of hydrogen-bond acceptors (Lipinski definition) is 5. The van der Waals surface area contributed by atoms with Crippen LogP contribution in [0.4, 0.5) is 6.01 Å². The van der Waals surface area contributed by atoms with Crippen molar-refractivity contribution in [3.8, 4) is 0 Å². The molecule has 0 aliphatic carbocycles. The summed E-state index contributed by atoms with van der Waals surface area (Å²) in [4.78, 5) is 26.4. The van der Waals surface area contributed by atoms with Crippen LogP contribution in [0.3, 0.4) is 0 Å². The van der Waals surface area contributed by atoms with Gasteiger partial charge < -0.3 is 9.15 Å². The minimum Gasteiger partial charge on any atom is -0.461 e. The number of ether oxygens (including phenoxy) is 1. The van der Waals surface area contributed by atoms with Crippen LogP contribution in [-0.4, -0.2) is 23.5 Å². The van der Waals surface area contributed by atoms with Crippen molar-refractivity contribution < 1.29 is 18.7 Å². The van der Waals surface area contributed by atoms with Crippen molar-refractivity contribution in [2.45, 2.75) is 33.1 Å². The normalized spacial score (nSPS) is 10.0. The lowest BCUT2D eigenvalue weighted by atomic mass is 10.2. The molecule has 17 heavy (non-hydrogen) atoms. The summed E-state index contributed by atoms with van der Waals surface area (Å²) in [5.41, 5.74) is 0.0534. The Kier molecular flexibility index (Phi) is 5.19. The number of hydrogen-bond donors (Lipinski definition) is 1. The number of nitrogens with one attached hydrogen (secondary N) is 1. The fourth-order valence-electron chi connectivity index (χ4n) is 1.15. The van der Waals surface area contributed by atoms with Crippen LogP contribution in [0.2, 0.25) is 0 Å². The molecule has 0 bridgehead atoms. The van der Waals surface area contributed by atoms with Crippen molar-refractivity contribution in [3.63, 3.8) is 0 Å². The predicted molar refractivity (Wildman–Crippen MR) is 60.6 cm³/mol. The van der Waals surface area contributed by atoms with E-state index in [1.807, 2.05) is 6.92 Å². The van der Waals surface area contributed by atoms with E-state index in [2.05, 4.69) is 10.3 Å². The van der Waals surface area contributed by atoms with Crippen molar-refractivity contribution >= 4 is 17.9 Å². The van der Waals surface area contributed by atoms with Gasteiger partial charge in [-0.3, -0.25) is 10.1 Å². The lowest BCUT2D eigenvalue weighted by Crippen LogP contribution is -2.11. The molecule has 1 amide bonds. The number of carbonyl (C=O) groups excluding carboxylic acids is 2. The van der Waals surface area contributed by atoms with Gasteiger partial charge >= 0.3 is 12.0 Å². The lowest BCUT2D eigenvalue weighted by molar-refractivity contribution is -0.116. The second-order valence-corrected chi connectivity index (χ2v) is 3.41. The molecule has 0 aliphatic rings. The molecule has 6 nitrogen and oxygen atoms in total.